The van der Waals surface area contributed by atoms with Crippen LogP contribution in [0.5, 0.6) is 0 Å². The van der Waals surface area contributed by atoms with Crippen molar-refractivity contribution in [1.29, 1.82) is 0 Å². The number of H-pyrrole nitrogens is 1. The molecule has 9 rings (SSSR count). The van der Waals surface area contributed by atoms with Crippen LogP contribution >= 0.6 is 0 Å². The Hall–Kier alpha value is -7.42. The Bertz CT molecular complexity index is 3110. The molecule has 0 bridgehead atoms. The zero-order chi connectivity index (χ0) is 49.6. The Labute approximate surface area is 402 Å². The van der Waals surface area contributed by atoms with Crippen molar-refractivity contribution in [3.8, 4) is 11.1 Å². The van der Waals surface area contributed by atoms with Gasteiger partial charge < -0.3 is 35.3 Å². The molecule has 21 heteroatoms. The van der Waals surface area contributed by atoms with Gasteiger partial charge in [0.25, 0.3) is 35.1 Å². The number of sulfone groups is 1. The van der Waals surface area contributed by atoms with E-state index in [0.717, 1.165) is 47.3 Å². The van der Waals surface area contributed by atoms with Gasteiger partial charge in [0.2, 0.25) is 17.7 Å². The van der Waals surface area contributed by atoms with Gasteiger partial charge in [-0.2, -0.15) is 0 Å². The first kappa shape index (κ1) is 47.6. The lowest BCUT2D eigenvalue weighted by atomic mass is 9.95. The number of benzene rings is 2. The molecule has 4 aliphatic heterocycles. The van der Waals surface area contributed by atoms with Gasteiger partial charge in [-0.3, -0.25) is 53.4 Å². The fourth-order valence-corrected chi connectivity index (χ4v) is 10.7. The predicted octanol–water partition coefficient (Wildman–Crippen LogP) is 1.48. The summed E-state index contributed by atoms with van der Waals surface area (Å²) in [6, 6.07) is 8.19. The molecule has 6 heterocycles. The smallest absolute Gasteiger partial charge is 0.274 e. The summed E-state index contributed by atoms with van der Waals surface area (Å²) in [6.07, 6.45) is 9.10. The molecule has 2 aromatic carbocycles. The molecule has 2 fully saturated rings. The van der Waals surface area contributed by atoms with E-state index in [-0.39, 0.29) is 98.2 Å². The maximum atomic E-state index is 14.2. The van der Waals surface area contributed by atoms with Crippen LogP contribution in [0, 0.1) is 5.92 Å². The van der Waals surface area contributed by atoms with Crippen LogP contribution in [0.15, 0.2) is 53.5 Å². The van der Waals surface area contributed by atoms with Crippen LogP contribution in [0.4, 0.5) is 5.69 Å². The molecule has 0 radical (unpaired) electrons. The second-order valence-corrected chi connectivity index (χ2v) is 20.8. The largest absolute Gasteiger partial charge is 0.366 e. The van der Waals surface area contributed by atoms with Crippen LogP contribution in [0.3, 0.4) is 0 Å². The van der Waals surface area contributed by atoms with E-state index in [0.29, 0.717) is 65.1 Å². The van der Waals surface area contributed by atoms with Crippen molar-refractivity contribution >= 4 is 73.7 Å². The molecule has 1 saturated heterocycles. The number of unbranched alkanes of at least 4 members (excludes halogenated alkanes) is 1. The van der Waals surface area contributed by atoms with E-state index in [4.69, 9.17) is 0 Å². The maximum Gasteiger partial charge on any atom is 0.274 e. The summed E-state index contributed by atoms with van der Waals surface area (Å²) in [5, 5.41) is 11.3. The molecule has 8 amide bonds. The molecular weight excluding hydrogens is 923 g/mol. The number of imide groups is 2. The van der Waals surface area contributed by atoms with E-state index in [1.165, 1.54) is 9.47 Å². The van der Waals surface area contributed by atoms with Gasteiger partial charge in [-0.1, -0.05) is 12.1 Å². The SMILES string of the molecule is Cn1cc2c3c(c(C(=O)NCCNC(=O)CCN4C(=O)C=CC4=O)[nH]c3c1=O)CN(CC1CC1)c1cc(C(=O)NCCCCc3cccc4c3CN(C3CCC(=O)NC3=O)C4=O)c(CS(C)(=O)=O)cc1-2. The maximum absolute atomic E-state index is 14.2. The van der Waals surface area contributed by atoms with Gasteiger partial charge in [-0.15, -0.1) is 0 Å². The van der Waals surface area contributed by atoms with E-state index in [9.17, 15) is 51.6 Å². The minimum Gasteiger partial charge on any atom is -0.366 e. The molecule has 1 unspecified atom stereocenters. The Balaban J connectivity index is 0.915. The highest BCUT2D eigenvalue weighted by Crippen LogP contribution is 2.45. The number of nitrogens with one attached hydrogen (secondary N) is 5. The monoisotopic (exact) mass is 975 g/mol. The average Bonchev–Trinajstić information content (AvgIpc) is 3.88. The summed E-state index contributed by atoms with van der Waals surface area (Å²) in [4.78, 5) is 123. The van der Waals surface area contributed by atoms with Crippen LogP contribution in [0.2, 0.25) is 0 Å². The fraction of sp³-hybridized carbons (Fsp3) is 0.408. The van der Waals surface area contributed by atoms with Crippen LogP contribution in [-0.2, 0) is 66.1 Å². The lowest BCUT2D eigenvalue weighted by molar-refractivity contribution is -0.138. The Morgan fingerprint density at radius 2 is 1.56 bits per heavy atom. The number of fused-ring (bicyclic) bond motifs is 3. The van der Waals surface area contributed by atoms with Crippen molar-refractivity contribution < 1.29 is 46.8 Å². The van der Waals surface area contributed by atoms with Gasteiger partial charge in [0, 0.05) is 129 Å². The number of amides is 8. The fourth-order valence-electron chi connectivity index (χ4n) is 9.86. The van der Waals surface area contributed by atoms with E-state index in [1.54, 1.807) is 31.4 Å². The lowest BCUT2D eigenvalue weighted by Gasteiger charge is -2.29. The molecule has 1 saturated carbocycles. The Morgan fingerprint density at radius 1 is 0.814 bits per heavy atom. The van der Waals surface area contributed by atoms with E-state index < -0.39 is 57.1 Å². The van der Waals surface area contributed by atoms with Crippen LogP contribution < -0.4 is 31.7 Å². The number of pyridine rings is 1. The first-order valence-corrected chi connectivity index (χ1v) is 25.5. The van der Waals surface area contributed by atoms with E-state index in [1.807, 2.05) is 12.1 Å². The van der Waals surface area contributed by atoms with Gasteiger partial charge >= 0.3 is 0 Å². The van der Waals surface area contributed by atoms with Crippen molar-refractivity contribution in [3.63, 3.8) is 0 Å². The zero-order valence-corrected chi connectivity index (χ0v) is 39.6. The number of aromatic nitrogens is 2. The third-order valence-corrected chi connectivity index (χ3v) is 14.4. The normalized spacial score (nSPS) is 17.5. The first-order chi connectivity index (χ1) is 33.4. The standard InChI is InChI=1S/C49H53N9O11S/c1-55-23-34-32-20-29(26-70(2,68)69)31(45(63)51-16-4-3-6-28-7-5-8-30-33(28)25-58(48(30)66)36-11-12-39(60)53-46(36)64)21-37(32)56(22-27-9-10-27)24-35-42(34)44(49(55)67)54-43(35)47(65)52-18-17-50-38(59)15-19-57-40(61)13-14-41(57)62/h5,7-8,13-14,20-21,23,27,36,54H,3-4,6,9-12,15-19,22,24-26H2,1-2H3,(H,50,59)(H,51,63)(H,52,65)(H,53,60,64). The molecule has 0 spiro atoms. The average molecular weight is 976 g/mol. The topological polar surface area (TPSA) is 266 Å². The minimum absolute atomic E-state index is 0.0210. The number of aromatic amines is 1. The van der Waals surface area contributed by atoms with Gasteiger partial charge in [0.05, 0.1) is 5.75 Å². The Morgan fingerprint density at radius 3 is 2.29 bits per heavy atom. The second kappa shape index (κ2) is 19.2. The molecule has 20 nitrogen and oxygen atoms in total. The van der Waals surface area contributed by atoms with Gasteiger partial charge in [0.15, 0.2) is 9.84 Å². The zero-order valence-electron chi connectivity index (χ0n) is 38.8. The molecule has 1 atom stereocenters. The van der Waals surface area contributed by atoms with Crippen LogP contribution in [-0.4, -0.2) is 120 Å². The van der Waals surface area contributed by atoms with Crippen molar-refractivity contribution in [2.45, 2.75) is 76.3 Å². The van der Waals surface area contributed by atoms with Crippen molar-refractivity contribution in [2.24, 2.45) is 13.0 Å². The Kier molecular flexibility index (Phi) is 13.0. The number of anilines is 1. The number of nitrogens with zero attached hydrogens (tertiary/aromatic N) is 4. The number of hydrogen-bond acceptors (Lipinski definition) is 12. The third-order valence-electron chi connectivity index (χ3n) is 13.5. The summed E-state index contributed by atoms with van der Waals surface area (Å²) < 4.78 is 27.3. The highest BCUT2D eigenvalue weighted by Gasteiger charge is 2.40. The lowest BCUT2D eigenvalue weighted by Crippen LogP contribution is -2.52. The quantitative estimate of drug-likeness (QED) is 0.0702. The van der Waals surface area contributed by atoms with E-state index in [2.05, 4.69) is 31.2 Å². The third kappa shape index (κ3) is 9.74. The number of carbonyl (C=O) groups excluding carboxylic acids is 8. The number of aryl methyl sites for hydroxylation is 2. The molecule has 2 aromatic heterocycles. The van der Waals surface area contributed by atoms with Crippen LogP contribution in [0.25, 0.3) is 22.0 Å². The number of rotatable bonds is 18. The van der Waals surface area contributed by atoms with Gasteiger partial charge in [-0.25, -0.2) is 8.42 Å². The van der Waals surface area contributed by atoms with Crippen molar-refractivity contribution in [3.05, 3.63) is 98.1 Å². The molecule has 5 N–H and O–H groups in total. The van der Waals surface area contributed by atoms with Crippen molar-refractivity contribution in [1.82, 2.24) is 40.6 Å². The van der Waals surface area contributed by atoms with Crippen molar-refractivity contribution in [2.75, 3.05) is 43.9 Å². The minimum atomic E-state index is -3.67. The number of carbonyl (C=O) groups is 8. The van der Waals surface area contributed by atoms with Crippen LogP contribution in [0.1, 0.15) is 98.4 Å². The summed E-state index contributed by atoms with van der Waals surface area (Å²) in [5.74, 6) is -3.58. The molecule has 4 aromatic rings. The number of piperidine rings is 1. The number of hydrogen-bond donors (Lipinski definition) is 5. The second-order valence-electron chi connectivity index (χ2n) is 18.7. The molecule has 70 heavy (non-hydrogen) atoms. The summed E-state index contributed by atoms with van der Waals surface area (Å²) >= 11 is 0. The molecule has 366 valence electrons. The van der Waals surface area contributed by atoms with Gasteiger partial charge in [-0.05, 0) is 79.3 Å². The van der Waals surface area contributed by atoms with E-state index >= 15 is 0 Å². The summed E-state index contributed by atoms with van der Waals surface area (Å²) in [6.45, 7) is 1.25. The molecular formula is C49H53N9O11S. The molecule has 1 aliphatic carbocycles. The summed E-state index contributed by atoms with van der Waals surface area (Å²) in [5.41, 5.74) is 5.07. The predicted molar refractivity (Wildman–Crippen MR) is 255 cm³/mol. The van der Waals surface area contributed by atoms with Gasteiger partial charge in [0.1, 0.15) is 17.3 Å². The highest BCUT2D eigenvalue weighted by atomic mass is 32.2. The molecule has 5 aliphatic rings. The highest BCUT2D eigenvalue weighted by molar-refractivity contribution is 7.89. The summed E-state index contributed by atoms with van der Waals surface area (Å²) in [7, 11) is -2.09. The first-order valence-electron chi connectivity index (χ1n) is 23.4.